The molecule has 1 aliphatic heterocycles. The summed E-state index contributed by atoms with van der Waals surface area (Å²) in [5, 5.41) is 4.99. The molecule has 1 spiro atoms. The van der Waals surface area contributed by atoms with Crippen LogP contribution in [0.15, 0.2) is 18.2 Å². The molecule has 11 heteroatoms. The van der Waals surface area contributed by atoms with Crippen LogP contribution < -0.4 is 15.4 Å². The smallest absolute Gasteiger partial charge is 0.408 e. The van der Waals surface area contributed by atoms with Gasteiger partial charge in [-0.25, -0.2) is 13.6 Å². The lowest BCUT2D eigenvalue weighted by atomic mass is 9.95. The molecule has 1 saturated carbocycles. The predicted octanol–water partition coefficient (Wildman–Crippen LogP) is 2.78. The molecule has 174 valence electrons. The minimum absolute atomic E-state index is 0.00284. The van der Waals surface area contributed by atoms with Crippen molar-refractivity contribution in [1.82, 2.24) is 10.6 Å². The van der Waals surface area contributed by atoms with Crippen LogP contribution in [-0.4, -0.2) is 42.6 Å². The molecule has 1 heterocycles. The zero-order valence-electron chi connectivity index (χ0n) is 17.6. The standard InChI is InChI=1S/C21H22F4N2O5/c1-9-13(21(9)5-6-26-18(21)29)16(27-19(30)32-20(2,3)4)12(28)8-31-17-14(24)10(22)7-11(23)15(17)25/h7,13,16H,1,5-6,8H2,2-4H3,(H,26,29)(H,27,30)/t13?,16-,21-/m1/s1. The molecule has 3 atom stereocenters. The van der Waals surface area contributed by atoms with E-state index in [1.807, 2.05) is 0 Å². The molecule has 7 nitrogen and oxygen atoms in total. The molecule has 1 aliphatic carbocycles. The third-order valence-electron chi connectivity index (χ3n) is 5.39. The van der Waals surface area contributed by atoms with Gasteiger partial charge >= 0.3 is 6.09 Å². The minimum Gasteiger partial charge on any atom is -0.479 e. The molecule has 3 rings (SSSR count). The topological polar surface area (TPSA) is 93.7 Å². The Morgan fingerprint density at radius 1 is 1.25 bits per heavy atom. The van der Waals surface area contributed by atoms with Crippen LogP contribution in [0.4, 0.5) is 22.4 Å². The number of hydrogen-bond donors (Lipinski definition) is 2. The molecule has 2 aliphatic rings. The molecule has 1 unspecified atom stereocenters. The number of ketones is 1. The predicted molar refractivity (Wildman–Crippen MR) is 103 cm³/mol. The van der Waals surface area contributed by atoms with Gasteiger partial charge in [0.15, 0.2) is 23.2 Å². The molecule has 1 aromatic carbocycles. The van der Waals surface area contributed by atoms with Crippen LogP contribution in [0.1, 0.15) is 27.2 Å². The van der Waals surface area contributed by atoms with Crippen LogP contribution in [0.2, 0.25) is 0 Å². The number of amides is 2. The van der Waals surface area contributed by atoms with Gasteiger partial charge in [-0.1, -0.05) is 12.2 Å². The molecule has 32 heavy (non-hydrogen) atoms. The highest BCUT2D eigenvalue weighted by Crippen LogP contribution is 2.63. The Morgan fingerprint density at radius 3 is 2.34 bits per heavy atom. The van der Waals surface area contributed by atoms with Crippen molar-refractivity contribution in [2.45, 2.75) is 38.8 Å². The van der Waals surface area contributed by atoms with Crippen molar-refractivity contribution in [2.75, 3.05) is 13.2 Å². The summed E-state index contributed by atoms with van der Waals surface area (Å²) in [5.41, 5.74) is -1.57. The quantitative estimate of drug-likeness (QED) is 0.389. The van der Waals surface area contributed by atoms with E-state index in [1.54, 1.807) is 20.8 Å². The van der Waals surface area contributed by atoms with E-state index in [0.29, 0.717) is 18.5 Å². The van der Waals surface area contributed by atoms with Crippen molar-refractivity contribution in [1.29, 1.82) is 0 Å². The number of rotatable bonds is 6. The van der Waals surface area contributed by atoms with Crippen molar-refractivity contribution in [2.24, 2.45) is 11.3 Å². The number of nitrogens with one attached hydrogen (secondary N) is 2. The third-order valence-corrected chi connectivity index (χ3v) is 5.39. The Labute approximate surface area is 181 Å². The average molecular weight is 458 g/mol. The highest BCUT2D eigenvalue weighted by Gasteiger charge is 2.69. The summed E-state index contributed by atoms with van der Waals surface area (Å²) in [5.74, 6) is -10.5. The summed E-state index contributed by atoms with van der Waals surface area (Å²) < 4.78 is 64.4. The first-order valence-corrected chi connectivity index (χ1v) is 9.75. The van der Waals surface area contributed by atoms with Crippen LogP contribution in [0.5, 0.6) is 5.75 Å². The molecule has 2 fully saturated rings. The number of alkyl carbamates (subject to hydrolysis) is 1. The lowest BCUT2D eigenvalue weighted by Gasteiger charge is -2.24. The summed E-state index contributed by atoms with van der Waals surface area (Å²) in [6, 6.07) is -1.38. The van der Waals surface area contributed by atoms with Crippen molar-refractivity contribution in [3.05, 3.63) is 41.5 Å². The van der Waals surface area contributed by atoms with Crippen molar-refractivity contribution < 1.29 is 41.4 Å². The van der Waals surface area contributed by atoms with E-state index in [1.165, 1.54) is 0 Å². The molecule has 0 bridgehead atoms. The molecular weight excluding hydrogens is 436 g/mol. The fourth-order valence-electron chi connectivity index (χ4n) is 3.90. The normalized spacial score (nSPS) is 23.0. The zero-order valence-corrected chi connectivity index (χ0v) is 17.6. The first kappa shape index (κ1) is 23.6. The lowest BCUT2D eigenvalue weighted by Crippen LogP contribution is -2.48. The number of halogens is 4. The van der Waals surface area contributed by atoms with Gasteiger partial charge in [0.05, 0.1) is 5.41 Å². The van der Waals surface area contributed by atoms with Crippen molar-refractivity contribution in [3.8, 4) is 5.75 Å². The Hall–Kier alpha value is -3.11. The van der Waals surface area contributed by atoms with Gasteiger partial charge in [0.2, 0.25) is 17.5 Å². The second-order valence-electron chi connectivity index (χ2n) is 8.66. The zero-order chi connectivity index (χ0) is 24.0. The maximum Gasteiger partial charge on any atom is 0.408 e. The first-order chi connectivity index (χ1) is 14.8. The summed E-state index contributed by atoms with van der Waals surface area (Å²) in [6.45, 7) is 7.91. The fourth-order valence-corrected chi connectivity index (χ4v) is 3.90. The van der Waals surface area contributed by atoms with Gasteiger partial charge in [-0.2, -0.15) is 8.78 Å². The fraction of sp³-hybridized carbons (Fsp3) is 0.476. The van der Waals surface area contributed by atoms with E-state index >= 15 is 0 Å². The summed E-state index contributed by atoms with van der Waals surface area (Å²) in [7, 11) is 0. The summed E-state index contributed by atoms with van der Waals surface area (Å²) in [4.78, 5) is 37.5. The average Bonchev–Trinajstić information content (AvgIpc) is 3.06. The van der Waals surface area contributed by atoms with E-state index in [0.717, 1.165) is 0 Å². The third kappa shape index (κ3) is 4.15. The largest absolute Gasteiger partial charge is 0.479 e. The van der Waals surface area contributed by atoms with E-state index in [4.69, 9.17) is 9.47 Å². The Kier molecular flexibility index (Phi) is 5.96. The number of carbonyl (C=O) groups excluding carboxylic acids is 3. The highest BCUT2D eigenvalue weighted by molar-refractivity contribution is 5.98. The highest BCUT2D eigenvalue weighted by atomic mass is 19.2. The Bertz CT molecular complexity index is 981. The second kappa shape index (κ2) is 8.10. The lowest BCUT2D eigenvalue weighted by molar-refractivity contribution is -0.125. The summed E-state index contributed by atoms with van der Waals surface area (Å²) >= 11 is 0. The van der Waals surface area contributed by atoms with Crippen LogP contribution in [-0.2, 0) is 14.3 Å². The van der Waals surface area contributed by atoms with Gasteiger partial charge in [-0.05, 0) is 27.2 Å². The number of hydrogen-bond acceptors (Lipinski definition) is 5. The maximum atomic E-state index is 13.8. The molecule has 2 amide bonds. The number of benzene rings is 1. The van der Waals surface area contributed by atoms with Gasteiger partial charge in [0, 0.05) is 18.5 Å². The molecule has 1 saturated heterocycles. The van der Waals surface area contributed by atoms with Crippen LogP contribution in [0.25, 0.3) is 0 Å². The maximum absolute atomic E-state index is 13.8. The number of ether oxygens (including phenoxy) is 2. The number of carbonyl (C=O) groups is 3. The Morgan fingerprint density at radius 2 is 1.84 bits per heavy atom. The first-order valence-electron chi connectivity index (χ1n) is 9.75. The molecule has 2 N–H and O–H groups in total. The van der Waals surface area contributed by atoms with Crippen LogP contribution in [0.3, 0.4) is 0 Å². The molecule has 0 radical (unpaired) electrons. The van der Waals surface area contributed by atoms with E-state index in [9.17, 15) is 31.9 Å². The SMILES string of the molecule is C=C1C([C@H](NC(=O)OC(C)(C)C)C(=O)COc2c(F)c(F)cc(F)c2F)[C@@]12CCNC2=O. The van der Waals surface area contributed by atoms with Gasteiger partial charge in [0.1, 0.15) is 18.2 Å². The van der Waals surface area contributed by atoms with Crippen molar-refractivity contribution >= 4 is 17.8 Å². The van der Waals surface area contributed by atoms with Crippen LogP contribution >= 0.6 is 0 Å². The van der Waals surface area contributed by atoms with E-state index in [-0.39, 0.29) is 12.0 Å². The van der Waals surface area contributed by atoms with E-state index < -0.39 is 70.5 Å². The van der Waals surface area contributed by atoms with Gasteiger partial charge in [0.25, 0.3) is 0 Å². The van der Waals surface area contributed by atoms with Gasteiger partial charge in [-0.3, -0.25) is 9.59 Å². The van der Waals surface area contributed by atoms with Gasteiger partial charge in [-0.15, -0.1) is 0 Å². The van der Waals surface area contributed by atoms with E-state index in [2.05, 4.69) is 17.2 Å². The second-order valence-corrected chi connectivity index (χ2v) is 8.66. The van der Waals surface area contributed by atoms with Crippen LogP contribution in [0, 0.1) is 34.6 Å². The van der Waals surface area contributed by atoms with Gasteiger partial charge < -0.3 is 20.1 Å². The molecular formula is C21H22F4N2O5. The molecule has 1 aromatic rings. The minimum atomic E-state index is -1.81. The monoisotopic (exact) mass is 458 g/mol. The number of Topliss-reactive ketones (excluding diaryl/α,β-unsaturated/α-hetero) is 1. The Balaban J connectivity index is 1.83. The van der Waals surface area contributed by atoms with Crippen molar-refractivity contribution in [3.63, 3.8) is 0 Å². The molecule has 0 aromatic heterocycles. The summed E-state index contributed by atoms with van der Waals surface area (Å²) in [6.07, 6.45) is -0.632.